The van der Waals surface area contributed by atoms with Gasteiger partial charge in [0, 0.05) is 37.0 Å². The van der Waals surface area contributed by atoms with Gasteiger partial charge in [-0.25, -0.2) is 32.9 Å². The van der Waals surface area contributed by atoms with Gasteiger partial charge in [-0.05, 0) is 38.1 Å². The highest BCUT2D eigenvalue weighted by atomic mass is 19.2. The number of aromatic nitrogens is 3. The number of aromatic amines is 1. The van der Waals surface area contributed by atoms with Crippen LogP contribution in [0.3, 0.4) is 0 Å². The fourth-order valence-corrected chi connectivity index (χ4v) is 4.57. The number of urea groups is 1. The van der Waals surface area contributed by atoms with Gasteiger partial charge in [-0.3, -0.25) is 19.7 Å². The van der Waals surface area contributed by atoms with Crippen LogP contribution in [0.5, 0.6) is 11.5 Å². The third-order valence-electron chi connectivity index (χ3n) is 6.58. The molecule has 43 heavy (non-hydrogen) atoms. The molecule has 1 fully saturated rings. The Morgan fingerprint density at radius 2 is 1.81 bits per heavy atom. The molecule has 16 heteroatoms. The summed E-state index contributed by atoms with van der Waals surface area (Å²) < 4.78 is 48.8. The standard InChI is InChI=1S/C27H25F3N8O5/c1-3-36-27(42)37(14-4-6-16(28)17(29)10-14)26(41)22(23(31)40)38(36)15-5-7-19(18(30)11-15)43-20-8-9-32-24-21(20)25(35-34-24)33-13(2)12-39/h4-11,13,22,39H,3,12H2,1-2H3,(H2,31,40)(H2,32,33,34,35)/t13?,22-/m0/s1. The van der Waals surface area contributed by atoms with E-state index in [1.807, 2.05) is 0 Å². The van der Waals surface area contributed by atoms with Gasteiger partial charge in [-0.2, -0.15) is 5.10 Å². The van der Waals surface area contributed by atoms with E-state index in [4.69, 9.17) is 10.5 Å². The Kier molecular flexibility index (Phi) is 7.78. The zero-order valence-corrected chi connectivity index (χ0v) is 22.7. The van der Waals surface area contributed by atoms with Gasteiger partial charge in [0.1, 0.15) is 11.1 Å². The molecule has 2 aromatic heterocycles. The summed E-state index contributed by atoms with van der Waals surface area (Å²) in [5.41, 5.74) is 5.48. The van der Waals surface area contributed by atoms with E-state index in [9.17, 15) is 28.3 Å². The monoisotopic (exact) mass is 598 g/mol. The summed E-state index contributed by atoms with van der Waals surface area (Å²) in [6, 6.07) is 4.13. The van der Waals surface area contributed by atoms with Crippen LogP contribution in [0, 0.1) is 17.5 Å². The molecule has 2 aromatic carbocycles. The number of halogens is 3. The fraction of sp³-hybridized carbons (Fsp3) is 0.222. The third kappa shape index (κ3) is 5.23. The first-order valence-electron chi connectivity index (χ1n) is 12.9. The topological polar surface area (TPSA) is 170 Å². The number of imide groups is 1. The zero-order chi connectivity index (χ0) is 31.0. The van der Waals surface area contributed by atoms with Crippen molar-refractivity contribution in [3.8, 4) is 11.5 Å². The van der Waals surface area contributed by atoms with Crippen molar-refractivity contribution < 1.29 is 37.4 Å². The lowest BCUT2D eigenvalue weighted by Crippen LogP contribution is -2.70. The Morgan fingerprint density at radius 1 is 1.09 bits per heavy atom. The number of hydrogen-bond donors (Lipinski definition) is 4. The molecule has 1 unspecified atom stereocenters. The molecule has 4 amide bonds. The first-order chi connectivity index (χ1) is 20.5. The summed E-state index contributed by atoms with van der Waals surface area (Å²) in [5, 5.41) is 21.5. The van der Waals surface area contributed by atoms with Crippen LogP contribution in [-0.4, -0.2) is 68.4 Å². The molecule has 5 N–H and O–H groups in total. The minimum Gasteiger partial charge on any atom is -0.453 e. The zero-order valence-electron chi connectivity index (χ0n) is 22.7. The van der Waals surface area contributed by atoms with Crippen molar-refractivity contribution in [2.75, 3.05) is 28.4 Å². The molecule has 224 valence electrons. The number of hydrazine groups is 1. The number of aliphatic hydroxyl groups is 1. The summed E-state index contributed by atoms with van der Waals surface area (Å²) in [7, 11) is 0. The van der Waals surface area contributed by atoms with E-state index in [2.05, 4.69) is 20.5 Å². The fourth-order valence-electron chi connectivity index (χ4n) is 4.57. The van der Waals surface area contributed by atoms with Crippen molar-refractivity contribution in [3.05, 3.63) is 66.1 Å². The number of primary amides is 1. The number of amides is 4. The number of benzene rings is 2. The number of nitrogens with zero attached hydrogens (tertiary/aromatic N) is 5. The average Bonchev–Trinajstić information content (AvgIpc) is 3.38. The Labute approximate surface area is 241 Å². The van der Waals surface area contributed by atoms with Gasteiger partial charge in [-0.1, -0.05) is 0 Å². The first-order valence-corrected chi connectivity index (χ1v) is 12.9. The number of hydrogen-bond acceptors (Lipinski definition) is 9. The van der Waals surface area contributed by atoms with Crippen LogP contribution < -0.4 is 25.7 Å². The molecule has 1 aliphatic heterocycles. The Morgan fingerprint density at radius 3 is 2.47 bits per heavy atom. The molecule has 4 aromatic rings. The highest BCUT2D eigenvalue weighted by Crippen LogP contribution is 2.36. The Balaban J connectivity index is 1.50. The van der Waals surface area contributed by atoms with Crippen molar-refractivity contribution in [1.29, 1.82) is 0 Å². The van der Waals surface area contributed by atoms with E-state index >= 15 is 4.39 Å². The molecule has 0 spiro atoms. The van der Waals surface area contributed by atoms with Gasteiger partial charge in [0.25, 0.3) is 11.8 Å². The van der Waals surface area contributed by atoms with E-state index in [1.54, 1.807) is 6.92 Å². The number of fused-ring (bicyclic) bond motifs is 1. The van der Waals surface area contributed by atoms with Crippen LogP contribution in [0.4, 0.5) is 35.2 Å². The van der Waals surface area contributed by atoms with Crippen molar-refractivity contribution in [2.45, 2.75) is 25.9 Å². The smallest absolute Gasteiger partial charge is 0.350 e. The van der Waals surface area contributed by atoms with Crippen LogP contribution in [0.2, 0.25) is 0 Å². The number of anilines is 3. The maximum Gasteiger partial charge on any atom is 0.350 e. The lowest BCUT2D eigenvalue weighted by Gasteiger charge is -2.46. The number of rotatable bonds is 9. The summed E-state index contributed by atoms with van der Waals surface area (Å²) in [4.78, 5) is 44.0. The minimum atomic E-state index is -1.84. The highest BCUT2D eigenvalue weighted by Gasteiger charge is 2.48. The molecular weight excluding hydrogens is 573 g/mol. The lowest BCUT2D eigenvalue weighted by atomic mass is 10.1. The van der Waals surface area contributed by atoms with E-state index < -0.39 is 41.3 Å². The van der Waals surface area contributed by atoms with Crippen LogP contribution in [0.1, 0.15) is 13.8 Å². The van der Waals surface area contributed by atoms with Gasteiger partial charge >= 0.3 is 6.03 Å². The van der Waals surface area contributed by atoms with Gasteiger partial charge in [0.05, 0.1) is 18.0 Å². The van der Waals surface area contributed by atoms with Crippen LogP contribution in [0.25, 0.3) is 11.0 Å². The lowest BCUT2D eigenvalue weighted by molar-refractivity contribution is -0.129. The highest BCUT2D eigenvalue weighted by molar-refractivity contribution is 6.25. The van der Waals surface area contributed by atoms with Crippen LogP contribution in [0.15, 0.2) is 48.7 Å². The molecule has 1 saturated heterocycles. The van der Waals surface area contributed by atoms with Crippen molar-refractivity contribution in [2.24, 2.45) is 5.73 Å². The number of aliphatic hydroxyl groups excluding tert-OH is 1. The number of H-pyrrole nitrogens is 1. The molecule has 3 heterocycles. The molecule has 0 aliphatic carbocycles. The quantitative estimate of drug-likeness (QED) is 0.212. The largest absolute Gasteiger partial charge is 0.453 e. The molecule has 2 atom stereocenters. The molecule has 0 bridgehead atoms. The van der Waals surface area contributed by atoms with Crippen molar-refractivity contribution >= 4 is 46.1 Å². The predicted octanol–water partition coefficient (Wildman–Crippen LogP) is 3.02. The number of carbonyl (C=O) groups is 3. The summed E-state index contributed by atoms with van der Waals surface area (Å²) >= 11 is 0. The average molecular weight is 599 g/mol. The van der Waals surface area contributed by atoms with Crippen molar-refractivity contribution in [1.82, 2.24) is 20.2 Å². The third-order valence-corrected chi connectivity index (χ3v) is 6.58. The predicted molar refractivity (Wildman–Crippen MR) is 148 cm³/mol. The van der Waals surface area contributed by atoms with Gasteiger partial charge in [0.15, 0.2) is 34.7 Å². The SMILES string of the molecule is CCN1C(=O)N(c2ccc(F)c(F)c2)C(=O)[C@H](C(N)=O)N1c1ccc(Oc2ccnc3[nH]nc(NC(C)CO)c23)c(F)c1. The van der Waals surface area contributed by atoms with E-state index in [0.29, 0.717) is 27.8 Å². The molecule has 5 rings (SSSR count). The van der Waals surface area contributed by atoms with Crippen molar-refractivity contribution in [3.63, 3.8) is 0 Å². The first kappa shape index (κ1) is 29.1. The van der Waals surface area contributed by atoms with Crippen LogP contribution in [-0.2, 0) is 9.59 Å². The second kappa shape index (κ2) is 11.5. The number of ether oxygens (including phenoxy) is 1. The van der Waals surface area contributed by atoms with Crippen LogP contribution >= 0.6 is 0 Å². The van der Waals surface area contributed by atoms with Gasteiger partial charge < -0.3 is 20.9 Å². The maximum absolute atomic E-state index is 15.5. The minimum absolute atomic E-state index is 0.0931. The second-order valence-corrected chi connectivity index (χ2v) is 9.47. The Hall–Kier alpha value is -5.38. The van der Waals surface area contributed by atoms with E-state index in [-0.39, 0.29) is 42.1 Å². The molecule has 13 nitrogen and oxygen atoms in total. The molecule has 0 radical (unpaired) electrons. The summed E-state index contributed by atoms with van der Waals surface area (Å²) in [5.74, 6) is -5.53. The second-order valence-electron chi connectivity index (χ2n) is 9.47. The van der Waals surface area contributed by atoms with Gasteiger partial charge in [0.2, 0.25) is 6.04 Å². The molecule has 1 aliphatic rings. The maximum atomic E-state index is 15.5. The van der Waals surface area contributed by atoms with Gasteiger partial charge in [-0.15, -0.1) is 0 Å². The summed E-state index contributed by atoms with van der Waals surface area (Å²) in [6.07, 6.45) is 1.42. The van der Waals surface area contributed by atoms with E-state index in [0.717, 1.165) is 28.2 Å². The number of carbonyl (C=O) groups excluding carboxylic acids is 3. The summed E-state index contributed by atoms with van der Waals surface area (Å²) in [6.45, 7) is 2.95. The number of pyridine rings is 1. The number of nitrogens with one attached hydrogen (secondary N) is 2. The molecule has 0 saturated carbocycles. The van der Waals surface area contributed by atoms with E-state index in [1.165, 1.54) is 31.3 Å². The number of nitrogens with two attached hydrogens (primary N) is 1. The normalized spacial score (nSPS) is 16.1. The molecular formula is C27H25F3N8O5. The Bertz CT molecular complexity index is 1730.